The number of hydrogen-bond donors (Lipinski definition) is 1. The van der Waals surface area contributed by atoms with E-state index in [9.17, 15) is 0 Å². The van der Waals surface area contributed by atoms with Crippen LogP contribution >= 0.6 is 12.6 Å². The molecule has 0 saturated carbocycles. The number of thiol groups is 1. The van der Waals surface area contributed by atoms with E-state index in [-0.39, 0.29) is 0 Å². The molecule has 0 radical (unpaired) electrons. The molecule has 0 aromatic heterocycles. The molecule has 0 aliphatic heterocycles. The van der Waals surface area contributed by atoms with Crippen LogP contribution < -0.4 is 0 Å². The van der Waals surface area contributed by atoms with Crippen molar-refractivity contribution in [2.24, 2.45) is 5.16 Å². The zero-order valence-electron chi connectivity index (χ0n) is 4.96. The van der Waals surface area contributed by atoms with Gasteiger partial charge in [-0.15, -0.1) is 12.6 Å². The summed E-state index contributed by atoms with van der Waals surface area (Å²) in [5.41, 5.74) is 0. The van der Waals surface area contributed by atoms with Crippen LogP contribution in [0.1, 0.15) is 6.92 Å². The second kappa shape index (κ2) is 4.71. The minimum absolute atomic E-state index is 0.798. The molecule has 0 aromatic rings. The first-order valence-corrected chi connectivity index (χ1v) is 2.67. The van der Waals surface area contributed by atoms with Gasteiger partial charge in [-0.25, -0.2) is 0 Å². The monoisotopic (exact) mass is 131 g/mol. The van der Waals surface area contributed by atoms with Crippen LogP contribution in [0.4, 0.5) is 0 Å². The second-order valence-electron chi connectivity index (χ2n) is 1.13. The van der Waals surface area contributed by atoms with E-state index in [4.69, 9.17) is 0 Å². The summed E-state index contributed by atoms with van der Waals surface area (Å²) in [5.74, 6) is 0. The quantitative estimate of drug-likeness (QED) is 0.342. The molecule has 0 aromatic carbocycles. The van der Waals surface area contributed by atoms with Crippen LogP contribution in [0.5, 0.6) is 0 Å². The SMILES string of the molecule is C/C=C(S)/C=N\OC. The van der Waals surface area contributed by atoms with Crippen molar-refractivity contribution in [1.82, 2.24) is 0 Å². The molecule has 0 saturated heterocycles. The van der Waals surface area contributed by atoms with Crippen molar-refractivity contribution in [2.45, 2.75) is 6.92 Å². The van der Waals surface area contributed by atoms with Crippen LogP contribution in [0.2, 0.25) is 0 Å². The number of allylic oxidation sites excluding steroid dienone is 2. The predicted octanol–water partition coefficient (Wildman–Crippen LogP) is 1.45. The first-order valence-electron chi connectivity index (χ1n) is 2.23. The largest absolute Gasteiger partial charge is 0.399 e. The highest BCUT2D eigenvalue weighted by atomic mass is 32.1. The predicted molar refractivity (Wildman–Crippen MR) is 38.2 cm³/mol. The molecule has 0 spiro atoms. The van der Waals surface area contributed by atoms with Crippen molar-refractivity contribution in [2.75, 3.05) is 7.11 Å². The van der Waals surface area contributed by atoms with E-state index in [0.29, 0.717) is 0 Å². The van der Waals surface area contributed by atoms with Crippen molar-refractivity contribution in [1.29, 1.82) is 0 Å². The van der Waals surface area contributed by atoms with Gasteiger partial charge in [-0.3, -0.25) is 0 Å². The summed E-state index contributed by atoms with van der Waals surface area (Å²) >= 11 is 4.00. The third-order valence-electron chi connectivity index (χ3n) is 0.586. The molecular weight excluding hydrogens is 122 g/mol. The number of rotatable bonds is 2. The van der Waals surface area contributed by atoms with Crippen molar-refractivity contribution < 1.29 is 4.84 Å². The highest BCUT2D eigenvalue weighted by Crippen LogP contribution is 1.93. The standard InChI is InChI=1S/C5H9NOS/c1-3-5(8)4-6-7-2/h3-4,8H,1-2H3/b5-3-,6-4-. The first kappa shape index (κ1) is 7.56. The van der Waals surface area contributed by atoms with Crippen molar-refractivity contribution in [3.05, 3.63) is 11.0 Å². The van der Waals surface area contributed by atoms with E-state index in [1.807, 2.05) is 13.0 Å². The topological polar surface area (TPSA) is 21.6 Å². The molecule has 0 atom stereocenters. The Hall–Kier alpha value is -0.440. The average Bonchev–Trinajstić information content (AvgIpc) is 1.83. The summed E-state index contributed by atoms with van der Waals surface area (Å²) in [5, 5.41) is 3.47. The van der Waals surface area contributed by atoms with Gasteiger partial charge in [0, 0.05) is 4.91 Å². The van der Waals surface area contributed by atoms with E-state index in [1.165, 1.54) is 13.3 Å². The van der Waals surface area contributed by atoms with Gasteiger partial charge < -0.3 is 4.84 Å². The van der Waals surface area contributed by atoms with Gasteiger partial charge in [0.05, 0.1) is 6.21 Å². The Labute approximate surface area is 54.6 Å². The molecular formula is C5H9NOS. The summed E-state index contributed by atoms with van der Waals surface area (Å²) in [6.07, 6.45) is 3.36. The second-order valence-corrected chi connectivity index (χ2v) is 1.65. The Bertz CT molecular complexity index is 109. The summed E-state index contributed by atoms with van der Waals surface area (Å²) in [6, 6.07) is 0. The van der Waals surface area contributed by atoms with E-state index in [0.717, 1.165) is 4.91 Å². The lowest BCUT2D eigenvalue weighted by Gasteiger charge is -1.84. The van der Waals surface area contributed by atoms with E-state index < -0.39 is 0 Å². The fraction of sp³-hybridized carbons (Fsp3) is 0.400. The van der Waals surface area contributed by atoms with Crippen molar-refractivity contribution >= 4 is 18.8 Å². The lowest BCUT2D eigenvalue weighted by atomic mass is 10.6. The highest BCUT2D eigenvalue weighted by Gasteiger charge is 1.75. The van der Waals surface area contributed by atoms with Crippen LogP contribution in [0.3, 0.4) is 0 Å². The van der Waals surface area contributed by atoms with Crippen LogP contribution in [-0.4, -0.2) is 13.3 Å². The van der Waals surface area contributed by atoms with Crippen LogP contribution in [0, 0.1) is 0 Å². The van der Waals surface area contributed by atoms with Crippen molar-refractivity contribution in [3.63, 3.8) is 0 Å². The zero-order valence-corrected chi connectivity index (χ0v) is 5.85. The summed E-state index contributed by atoms with van der Waals surface area (Å²) in [7, 11) is 1.49. The zero-order chi connectivity index (χ0) is 6.41. The lowest BCUT2D eigenvalue weighted by Crippen LogP contribution is -1.73. The Morgan fingerprint density at radius 1 is 1.75 bits per heavy atom. The Morgan fingerprint density at radius 2 is 2.38 bits per heavy atom. The van der Waals surface area contributed by atoms with Gasteiger partial charge in [-0.1, -0.05) is 11.2 Å². The molecule has 0 unspecified atom stereocenters. The molecule has 46 valence electrons. The molecule has 2 nitrogen and oxygen atoms in total. The Kier molecular flexibility index (Phi) is 4.45. The Morgan fingerprint density at radius 3 is 2.75 bits per heavy atom. The van der Waals surface area contributed by atoms with E-state index in [2.05, 4.69) is 22.6 Å². The Balaban J connectivity index is 3.53. The average molecular weight is 131 g/mol. The number of hydrogen-bond acceptors (Lipinski definition) is 3. The van der Waals surface area contributed by atoms with Crippen LogP contribution in [0.25, 0.3) is 0 Å². The van der Waals surface area contributed by atoms with Gasteiger partial charge >= 0.3 is 0 Å². The van der Waals surface area contributed by atoms with Gasteiger partial charge in [-0.05, 0) is 6.92 Å². The molecule has 0 aliphatic carbocycles. The molecule has 8 heavy (non-hydrogen) atoms. The first-order chi connectivity index (χ1) is 3.81. The number of nitrogens with zero attached hydrogens (tertiary/aromatic N) is 1. The number of oxime groups is 1. The van der Waals surface area contributed by atoms with Crippen LogP contribution in [-0.2, 0) is 4.84 Å². The molecule has 0 aliphatic rings. The van der Waals surface area contributed by atoms with E-state index in [1.54, 1.807) is 0 Å². The molecule has 0 amide bonds. The van der Waals surface area contributed by atoms with Gasteiger partial charge in [-0.2, -0.15) is 0 Å². The fourth-order valence-electron chi connectivity index (χ4n) is 0.181. The normalized spacial score (nSPS) is 12.6. The van der Waals surface area contributed by atoms with Gasteiger partial charge in [0.15, 0.2) is 0 Å². The fourth-order valence-corrected chi connectivity index (χ4v) is 0.228. The van der Waals surface area contributed by atoms with Crippen molar-refractivity contribution in [3.8, 4) is 0 Å². The molecule has 0 rings (SSSR count). The minimum Gasteiger partial charge on any atom is -0.399 e. The molecule has 0 bridgehead atoms. The smallest absolute Gasteiger partial charge is 0.106 e. The maximum atomic E-state index is 4.39. The van der Waals surface area contributed by atoms with Gasteiger partial charge in [0.25, 0.3) is 0 Å². The van der Waals surface area contributed by atoms with Crippen LogP contribution in [0.15, 0.2) is 16.1 Å². The highest BCUT2D eigenvalue weighted by molar-refractivity contribution is 7.85. The summed E-state index contributed by atoms with van der Waals surface area (Å²) in [4.78, 5) is 5.19. The molecule has 0 fully saturated rings. The summed E-state index contributed by atoms with van der Waals surface area (Å²) in [6.45, 7) is 1.88. The van der Waals surface area contributed by atoms with Gasteiger partial charge in [0.2, 0.25) is 0 Å². The molecule has 0 N–H and O–H groups in total. The van der Waals surface area contributed by atoms with Gasteiger partial charge in [0.1, 0.15) is 7.11 Å². The third-order valence-corrected chi connectivity index (χ3v) is 0.960. The maximum absolute atomic E-state index is 4.39. The lowest BCUT2D eigenvalue weighted by molar-refractivity contribution is 0.215. The molecule has 3 heteroatoms. The maximum Gasteiger partial charge on any atom is 0.106 e. The van der Waals surface area contributed by atoms with E-state index >= 15 is 0 Å². The molecule has 0 heterocycles. The summed E-state index contributed by atoms with van der Waals surface area (Å²) < 4.78 is 0. The third kappa shape index (κ3) is 3.74. The minimum atomic E-state index is 0.798.